The number of hydrogen-bond acceptors (Lipinski definition) is 5. The van der Waals surface area contributed by atoms with Crippen LogP contribution in [-0.4, -0.2) is 33.9 Å². The van der Waals surface area contributed by atoms with Gasteiger partial charge in [-0.05, 0) is 42.8 Å². The van der Waals surface area contributed by atoms with Crippen molar-refractivity contribution in [3.8, 4) is 0 Å². The minimum Gasteiger partial charge on any atom is -0.465 e. The van der Waals surface area contributed by atoms with Gasteiger partial charge < -0.3 is 10.1 Å². The number of benzene rings is 2. The van der Waals surface area contributed by atoms with Gasteiger partial charge in [0.15, 0.2) is 0 Å². The molecule has 28 heavy (non-hydrogen) atoms. The number of esters is 1. The summed E-state index contributed by atoms with van der Waals surface area (Å²) in [6.45, 7) is 1.91. The van der Waals surface area contributed by atoms with Crippen LogP contribution in [0.15, 0.2) is 53.9 Å². The van der Waals surface area contributed by atoms with E-state index in [9.17, 15) is 18.0 Å². The van der Waals surface area contributed by atoms with Crippen LogP contribution >= 0.6 is 0 Å². The van der Waals surface area contributed by atoms with Crippen molar-refractivity contribution in [3.05, 3.63) is 70.6 Å². The molecule has 0 heterocycles. The summed E-state index contributed by atoms with van der Waals surface area (Å²) >= 11 is 0. The fraction of sp³-hybridized carbons (Fsp3) is 0.200. The van der Waals surface area contributed by atoms with Crippen molar-refractivity contribution in [1.82, 2.24) is 4.72 Å². The fourth-order valence-electron chi connectivity index (χ4n) is 2.23. The van der Waals surface area contributed by atoms with E-state index < -0.39 is 16.0 Å². The lowest BCUT2D eigenvalue weighted by atomic mass is 10.2. The number of carbonyl (C=O) groups excluding carboxylic acids is 2. The van der Waals surface area contributed by atoms with Crippen LogP contribution in [0.4, 0.5) is 5.69 Å². The predicted octanol–water partition coefficient (Wildman–Crippen LogP) is 2.70. The largest absolute Gasteiger partial charge is 0.465 e. The van der Waals surface area contributed by atoms with Gasteiger partial charge in [-0.3, -0.25) is 4.79 Å². The maximum Gasteiger partial charge on any atom is 0.337 e. The molecule has 8 heteroatoms. The molecule has 0 radical (unpaired) electrons. The van der Waals surface area contributed by atoms with Gasteiger partial charge in [-0.1, -0.05) is 29.8 Å². The molecule has 1 amide bonds. The smallest absolute Gasteiger partial charge is 0.337 e. The summed E-state index contributed by atoms with van der Waals surface area (Å²) < 4.78 is 30.9. The van der Waals surface area contributed by atoms with Crippen molar-refractivity contribution >= 4 is 33.7 Å². The summed E-state index contributed by atoms with van der Waals surface area (Å²) in [5, 5.41) is 3.70. The van der Waals surface area contributed by atoms with Crippen molar-refractivity contribution in [2.75, 3.05) is 19.0 Å². The lowest BCUT2D eigenvalue weighted by Gasteiger charge is -2.06. The van der Waals surface area contributed by atoms with Crippen LogP contribution < -0.4 is 10.0 Å². The number of aryl methyl sites for hydroxylation is 1. The van der Waals surface area contributed by atoms with Gasteiger partial charge in [-0.25, -0.2) is 17.9 Å². The second-order valence-electron chi connectivity index (χ2n) is 6.02. The van der Waals surface area contributed by atoms with E-state index in [-0.39, 0.29) is 18.9 Å². The van der Waals surface area contributed by atoms with E-state index in [0.717, 1.165) is 16.5 Å². The van der Waals surface area contributed by atoms with Crippen molar-refractivity contribution in [1.29, 1.82) is 0 Å². The Morgan fingerprint density at radius 2 is 1.68 bits per heavy atom. The monoisotopic (exact) mass is 402 g/mol. The van der Waals surface area contributed by atoms with Gasteiger partial charge in [0.25, 0.3) is 0 Å². The number of sulfonamides is 1. The normalized spacial score (nSPS) is 11.4. The van der Waals surface area contributed by atoms with Crippen molar-refractivity contribution < 1.29 is 22.7 Å². The molecular formula is C20H22N2O5S. The Labute approximate surface area is 164 Å². The molecule has 0 spiro atoms. The number of carbonyl (C=O) groups is 2. The van der Waals surface area contributed by atoms with Gasteiger partial charge in [-0.15, -0.1) is 0 Å². The quantitative estimate of drug-likeness (QED) is 0.661. The second-order valence-corrected chi connectivity index (χ2v) is 7.67. The molecule has 148 valence electrons. The first-order valence-corrected chi connectivity index (χ1v) is 10.1. The summed E-state index contributed by atoms with van der Waals surface area (Å²) in [6.07, 6.45) is 1.46. The van der Waals surface area contributed by atoms with Crippen LogP contribution in [0, 0.1) is 6.92 Å². The van der Waals surface area contributed by atoms with Gasteiger partial charge in [-0.2, -0.15) is 0 Å². The molecule has 2 aromatic rings. The summed E-state index contributed by atoms with van der Waals surface area (Å²) in [5.41, 5.74) is 2.72. The minimum atomic E-state index is -3.64. The molecule has 0 saturated carbocycles. The fourth-order valence-corrected chi connectivity index (χ4v) is 3.05. The van der Waals surface area contributed by atoms with Crippen molar-refractivity contribution in [3.63, 3.8) is 0 Å². The summed E-state index contributed by atoms with van der Waals surface area (Å²) in [5.74, 6) is -0.818. The molecule has 0 saturated heterocycles. The van der Waals surface area contributed by atoms with E-state index in [1.807, 2.05) is 31.2 Å². The molecule has 0 aliphatic heterocycles. The molecule has 7 nitrogen and oxygen atoms in total. The van der Waals surface area contributed by atoms with Crippen LogP contribution in [0.1, 0.15) is 27.9 Å². The number of anilines is 1. The zero-order valence-electron chi connectivity index (χ0n) is 15.6. The lowest BCUT2D eigenvalue weighted by molar-refractivity contribution is -0.116. The first-order valence-electron chi connectivity index (χ1n) is 8.52. The zero-order valence-corrected chi connectivity index (χ0v) is 16.5. The number of ether oxygens (including phenoxy) is 1. The average Bonchev–Trinajstić information content (AvgIpc) is 2.67. The van der Waals surface area contributed by atoms with Gasteiger partial charge in [0.1, 0.15) is 0 Å². The molecule has 2 rings (SSSR count). The Morgan fingerprint density at radius 1 is 1.04 bits per heavy atom. The summed E-state index contributed by atoms with van der Waals surface area (Å²) in [6, 6.07) is 13.6. The first-order chi connectivity index (χ1) is 13.3. The van der Waals surface area contributed by atoms with Crippen LogP contribution in [0.2, 0.25) is 0 Å². The highest BCUT2D eigenvalue weighted by Gasteiger charge is 2.09. The lowest BCUT2D eigenvalue weighted by Crippen LogP contribution is -2.26. The van der Waals surface area contributed by atoms with Gasteiger partial charge in [0.2, 0.25) is 15.9 Å². The molecule has 0 fully saturated rings. The predicted molar refractivity (Wildman–Crippen MR) is 108 cm³/mol. The standard InChI is InChI=1S/C20H22N2O5S/c1-15-3-5-16(6-4-15)12-14-28(25,26)21-13-11-19(23)22-18-9-7-17(8-10-18)20(24)27-2/h3-10,12,14,21H,11,13H2,1-2H3,(H,22,23)/b14-12+. The van der Waals surface area contributed by atoms with Crippen LogP contribution in [0.3, 0.4) is 0 Å². The molecule has 0 unspecified atom stereocenters. The molecular weight excluding hydrogens is 380 g/mol. The Hall–Kier alpha value is -2.97. The molecule has 0 aromatic heterocycles. The molecule has 2 N–H and O–H groups in total. The second kappa shape index (κ2) is 9.82. The van der Waals surface area contributed by atoms with Gasteiger partial charge >= 0.3 is 5.97 Å². The highest BCUT2D eigenvalue weighted by molar-refractivity contribution is 7.92. The van der Waals surface area contributed by atoms with E-state index in [1.165, 1.54) is 25.3 Å². The Bertz CT molecular complexity index is 949. The molecule has 0 bridgehead atoms. The maximum absolute atomic E-state index is 12.0. The summed E-state index contributed by atoms with van der Waals surface area (Å²) in [7, 11) is -2.35. The maximum atomic E-state index is 12.0. The average molecular weight is 402 g/mol. The Balaban J connectivity index is 1.80. The number of methoxy groups -OCH3 is 1. The number of amides is 1. The Morgan fingerprint density at radius 3 is 2.29 bits per heavy atom. The summed E-state index contributed by atoms with van der Waals surface area (Å²) in [4.78, 5) is 23.3. The SMILES string of the molecule is COC(=O)c1ccc(NC(=O)CCNS(=O)(=O)/C=C/c2ccc(C)cc2)cc1. The van der Waals surface area contributed by atoms with E-state index >= 15 is 0 Å². The van der Waals surface area contributed by atoms with E-state index in [2.05, 4.69) is 14.8 Å². The van der Waals surface area contributed by atoms with Crippen LogP contribution in [0.5, 0.6) is 0 Å². The third-order valence-corrected chi connectivity index (χ3v) is 4.86. The molecule has 2 aromatic carbocycles. The van der Waals surface area contributed by atoms with E-state index in [0.29, 0.717) is 11.3 Å². The van der Waals surface area contributed by atoms with E-state index in [1.54, 1.807) is 12.1 Å². The van der Waals surface area contributed by atoms with Crippen LogP contribution in [0.25, 0.3) is 6.08 Å². The van der Waals surface area contributed by atoms with E-state index in [4.69, 9.17) is 0 Å². The third-order valence-electron chi connectivity index (χ3n) is 3.76. The number of rotatable bonds is 8. The van der Waals surface area contributed by atoms with Gasteiger partial charge in [0.05, 0.1) is 12.7 Å². The van der Waals surface area contributed by atoms with Crippen molar-refractivity contribution in [2.45, 2.75) is 13.3 Å². The minimum absolute atomic E-state index is 0.0314. The number of hydrogen-bond donors (Lipinski definition) is 2. The first kappa shape index (κ1) is 21.3. The van der Waals surface area contributed by atoms with Crippen LogP contribution in [-0.2, 0) is 19.6 Å². The highest BCUT2D eigenvalue weighted by Crippen LogP contribution is 2.11. The molecule has 0 atom stereocenters. The Kier molecular flexibility index (Phi) is 7.48. The van der Waals surface area contributed by atoms with Crippen molar-refractivity contribution in [2.24, 2.45) is 0 Å². The third kappa shape index (κ3) is 6.98. The molecule has 0 aliphatic rings. The highest BCUT2D eigenvalue weighted by atomic mass is 32.2. The number of nitrogens with one attached hydrogen (secondary N) is 2. The molecule has 0 aliphatic carbocycles. The van der Waals surface area contributed by atoms with Gasteiger partial charge in [0, 0.05) is 24.1 Å². The topological polar surface area (TPSA) is 102 Å². The zero-order chi connectivity index (χ0) is 20.6.